The SMILES string of the molecule is CCCOc1ccc(C(=O)Nc2cccc(-c3nc4cc(Cl)c(C)cc4[nH]3)c2)cc1. The average molecular weight is 420 g/mol. The van der Waals surface area contributed by atoms with Gasteiger partial charge in [-0.05, 0) is 67.4 Å². The number of nitrogens with zero attached hydrogens (tertiary/aromatic N) is 1. The van der Waals surface area contributed by atoms with Gasteiger partial charge < -0.3 is 15.0 Å². The molecule has 0 aliphatic rings. The number of carbonyl (C=O) groups excluding carboxylic acids is 1. The number of anilines is 1. The van der Waals surface area contributed by atoms with Crippen molar-refractivity contribution in [1.29, 1.82) is 0 Å². The minimum atomic E-state index is -0.179. The Kier molecular flexibility index (Phi) is 5.72. The zero-order valence-electron chi connectivity index (χ0n) is 16.8. The Balaban J connectivity index is 1.53. The number of amides is 1. The first-order valence-corrected chi connectivity index (χ1v) is 10.2. The molecule has 0 bridgehead atoms. The first kappa shape index (κ1) is 20.0. The number of rotatable bonds is 6. The fraction of sp³-hybridized carbons (Fsp3) is 0.167. The lowest BCUT2D eigenvalue weighted by Gasteiger charge is -2.08. The fourth-order valence-corrected chi connectivity index (χ4v) is 3.30. The molecule has 4 rings (SSSR count). The number of hydrogen-bond acceptors (Lipinski definition) is 3. The van der Waals surface area contributed by atoms with Gasteiger partial charge in [-0.25, -0.2) is 4.98 Å². The minimum absolute atomic E-state index is 0.179. The summed E-state index contributed by atoms with van der Waals surface area (Å²) in [5.74, 6) is 1.30. The van der Waals surface area contributed by atoms with Crippen LogP contribution in [-0.4, -0.2) is 22.5 Å². The molecule has 0 saturated heterocycles. The topological polar surface area (TPSA) is 67.0 Å². The Labute approximate surface area is 180 Å². The van der Waals surface area contributed by atoms with Crippen LogP contribution < -0.4 is 10.1 Å². The van der Waals surface area contributed by atoms with Gasteiger partial charge in [0.25, 0.3) is 5.91 Å². The van der Waals surface area contributed by atoms with Crippen molar-refractivity contribution >= 4 is 34.2 Å². The third kappa shape index (κ3) is 4.31. The predicted molar refractivity (Wildman–Crippen MR) is 121 cm³/mol. The third-order valence-electron chi connectivity index (χ3n) is 4.75. The lowest BCUT2D eigenvalue weighted by molar-refractivity contribution is 0.102. The molecule has 0 fully saturated rings. The second-order valence-corrected chi connectivity index (χ2v) is 7.52. The number of carbonyl (C=O) groups is 1. The van der Waals surface area contributed by atoms with E-state index in [1.165, 1.54) is 0 Å². The molecule has 3 aromatic carbocycles. The number of benzene rings is 3. The highest BCUT2D eigenvalue weighted by Crippen LogP contribution is 2.27. The van der Waals surface area contributed by atoms with Gasteiger partial charge in [0, 0.05) is 21.8 Å². The number of ether oxygens (including phenoxy) is 1. The number of fused-ring (bicyclic) bond motifs is 1. The van der Waals surface area contributed by atoms with Gasteiger partial charge in [-0.15, -0.1) is 0 Å². The van der Waals surface area contributed by atoms with Crippen LogP contribution in [0, 0.1) is 6.92 Å². The second-order valence-electron chi connectivity index (χ2n) is 7.11. The summed E-state index contributed by atoms with van der Waals surface area (Å²) in [6, 6.07) is 18.5. The Bertz CT molecular complexity index is 1160. The molecule has 2 N–H and O–H groups in total. The number of aromatic nitrogens is 2. The van der Waals surface area contributed by atoms with Crippen molar-refractivity contribution in [2.75, 3.05) is 11.9 Å². The van der Waals surface area contributed by atoms with E-state index >= 15 is 0 Å². The molecule has 0 spiro atoms. The number of hydrogen-bond donors (Lipinski definition) is 2. The molecular formula is C24H22ClN3O2. The van der Waals surface area contributed by atoms with Crippen LogP contribution >= 0.6 is 11.6 Å². The van der Waals surface area contributed by atoms with E-state index in [0.29, 0.717) is 22.9 Å². The third-order valence-corrected chi connectivity index (χ3v) is 5.15. The van der Waals surface area contributed by atoms with Crippen molar-refractivity contribution in [3.05, 3.63) is 76.8 Å². The molecule has 0 atom stereocenters. The lowest BCUT2D eigenvalue weighted by Crippen LogP contribution is -2.11. The number of aromatic amines is 1. The van der Waals surface area contributed by atoms with Crippen molar-refractivity contribution in [3.8, 4) is 17.1 Å². The van der Waals surface area contributed by atoms with Gasteiger partial charge in [0.2, 0.25) is 0 Å². The number of aryl methyl sites for hydroxylation is 1. The van der Waals surface area contributed by atoms with Crippen LogP contribution in [0.2, 0.25) is 5.02 Å². The van der Waals surface area contributed by atoms with Gasteiger partial charge in [-0.3, -0.25) is 4.79 Å². The molecule has 1 aromatic heterocycles. The van der Waals surface area contributed by atoms with E-state index in [-0.39, 0.29) is 5.91 Å². The standard InChI is InChI=1S/C24H22ClN3O2/c1-3-11-30-19-9-7-16(8-10-19)24(29)26-18-6-4-5-17(13-18)23-27-21-12-15(2)20(25)14-22(21)28-23/h4-10,12-14H,3,11H2,1-2H3,(H,26,29)(H,27,28). The summed E-state index contributed by atoms with van der Waals surface area (Å²) in [6.07, 6.45) is 0.941. The van der Waals surface area contributed by atoms with E-state index in [0.717, 1.165) is 40.2 Å². The van der Waals surface area contributed by atoms with E-state index in [4.69, 9.17) is 16.3 Å². The summed E-state index contributed by atoms with van der Waals surface area (Å²) in [5.41, 5.74) is 4.86. The van der Waals surface area contributed by atoms with E-state index < -0.39 is 0 Å². The van der Waals surface area contributed by atoms with Crippen molar-refractivity contribution < 1.29 is 9.53 Å². The quantitative estimate of drug-likeness (QED) is 0.389. The Morgan fingerprint density at radius 3 is 2.70 bits per heavy atom. The maximum atomic E-state index is 12.6. The van der Waals surface area contributed by atoms with Gasteiger partial charge in [0.05, 0.1) is 17.6 Å². The molecule has 0 saturated carbocycles. The predicted octanol–water partition coefficient (Wildman–Crippen LogP) is 6.23. The first-order chi connectivity index (χ1) is 14.5. The molecular weight excluding hydrogens is 398 g/mol. The van der Waals surface area contributed by atoms with Gasteiger partial charge >= 0.3 is 0 Å². The van der Waals surface area contributed by atoms with Gasteiger partial charge in [0.15, 0.2) is 0 Å². The molecule has 30 heavy (non-hydrogen) atoms. The van der Waals surface area contributed by atoms with Crippen LogP contribution in [-0.2, 0) is 0 Å². The summed E-state index contributed by atoms with van der Waals surface area (Å²) in [5, 5.41) is 3.63. The number of halogens is 1. The van der Waals surface area contributed by atoms with E-state index in [2.05, 4.69) is 22.2 Å². The zero-order valence-corrected chi connectivity index (χ0v) is 17.6. The average Bonchev–Trinajstić information content (AvgIpc) is 3.16. The van der Waals surface area contributed by atoms with E-state index in [1.54, 1.807) is 12.1 Å². The normalized spacial score (nSPS) is 10.9. The van der Waals surface area contributed by atoms with Crippen LogP contribution in [0.4, 0.5) is 5.69 Å². The molecule has 0 aliphatic heterocycles. The molecule has 0 aliphatic carbocycles. The molecule has 0 unspecified atom stereocenters. The highest BCUT2D eigenvalue weighted by molar-refractivity contribution is 6.32. The van der Waals surface area contributed by atoms with Crippen LogP contribution in [0.5, 0.6) is 5.75 Å². The van der Waals surface area contributed by atoms with Gasteiger partial charge in [-0.1, -0.05) is 30.7 Å². The van der Waals surface area contributed by atoms with Crippen molar-refractivity contribution in [1.82, 2.24) is 9.97 Å². The highest BCUT2D eigenvalue weighted by Gasteiger charge is 2.10. The van der Waals surface area contributed by atoms with Crippen molar-refractivity contribution in [2.24, 2.45) is 0 Å². The highest BCUT2D eigenvalue weighted by atomic mass is 35.5. The van der Waals surface area contributed by atoms with Crippen molar-refractivity contribution in [3.63, 3.8) is 0 Å². The van der Waals surface area contributed by atoms with E-state index in [9.17, 15) is 4.79 Å². The zero-order chi connectivity index (χ0) is 21.1. The second kappa shape index (κ2) is 8.59. The lowest BCUT2D eigenvalue weighted by atomic mass is 10.1. The maximum absolute atomic E-state index is 12.6. The molecule has 0 radical (unpaired) electrons. The summed E-state index contributed by atoms with van der Waals surface area (Å²) < 4.78 is 5.56. The Hall–Kier alpha value is -3.31. The minimum Gasteiger partial charge on any atom is -0.494 e. The summed E-state index contributed by atoms with van der Waals surface area (Å²) in [7, 11) is 0. The Morgan fingerprint density at radius 1 is 1.13 bits per heavy atom. The maximum Gasteiger partial charge on any atom is 0.255 e. The monoisotopic (exact) mass is 419 g/mol. The van der Waals surface area contributed by atoms with Crippen LogP contribution in [0.15, 0.2) is 60.7 Å². The molecule has 6 heteroatoms. The molecule has 5 nitrogen and oxygen atoms in total. The van der Waals surface area contributed by atoms with Gasteiger partial charge in [0.1, 0.15) is 11.6 Å². The number of nitrogens with one attached hydrogen (secondary N) is 2. The summed E-state index contributed by atoms with van der Waals surface area (Å²) >= 11 is 6.21. The largest absolute Gasteiger partial charge is 0.494 e. The first-order valence-electron chi connectivity index (χ1n) is 9.84. The number of H-pyrrole nitrogens is 1. The van der Waals surface area contributed by atoms with Crippen LogP contribution in [0.25, 0.3) is 22.4 Å². The Morgan fingerprint density at radius 2 is 1.93 bits per heavy atom. The number of imidazole rings is 1. The molecule has 1 heterocycles. The van der Waals surface area contributed by atoms with Crippen LogP contribution in [0.3, 0.4) is 0 Å². The smallest absolute Gasteiger partial charge is 0.255 e. The van der Waals surface area contributed by atoms with Crippen LogP contribution in [0.1, 0.15) is 29.3 Å². The molecule has 152 valence electrons. The fourth-order valence-electron chi connectivity index (χ4n) is 3.15. The van der Waals surface area contributed by atoms with Gasteiger partial charge in [-0.2, -0.15) is 0 Å². The van der Waals surface area contributed by atoms with Crippen molar-refractivity contribution in [2.45, 2.75) is 20.3 Å². The summed E-state index contributed by atoms with van der Waals surface area (Å²) in [6.45, 7) is 4.67. The summed E-state index contributed by atoms with van der Waals surface area (Å²) in [4.78, 5) is 20.6. The molecule has 4 aromatic rings. The molecule has 1 amide bonds. The van der Waals surface area contributed by atoms with E-state index in [1.807, 2.05) is 55.5 Å².